The lowest BCUT2D eigenvalue weighted by molar-refractivity contribution is 0.0556. The second-order valence-corrected chi connectivity index (χ2v) is 6.77. The van der Waals surface area contributed by atoms with Crippen LogP contribution in [-0.2, 0) is 9.47 Å². The molecule has 0 bridgehead atoms. The van der Waals surface area contributed by atoms with E-state index in [0.717, 1.165) is 10.9 Å². The van der Waals surface area contributed by atoms with E-state index < -0.39 is 17.7 Å². The van der Waals surface area contributed by atoms with Crippen LogP contribution in [-0.4, -0.2) is 41.6 Å². The lowest BCUT2D eigenvalue weighted by Gasteiger charge is -2.06. The van der Waals surface area contributed by atoms with Gasteiger partial charge in [0.25, 0.3) is 0 Å². The van der Waals surface area contributed by atoms with Crippen molar-refractivity contribution >= 4 is 34.0 Å². The van der Waals surface area contributed by atoms with Gasteiger partial charge < -0.3 is 9.47 Å². The van der Waals surface area contributed by atoms with E-state index in [4.69, 9.17) is 9.47 Å². The van der Waals surface area contributed by atoms with Crippen molar-refractivity contribution in [3.8, 4) is 0 Å². The number of esters is 2. The molecular weight excluding hydrogens is 384 g/mol. The van der Waals surface area contributed by atoms with E-state index in [0.29, 0.717) is 16.5 Å². The van der Waals surface area contributed by atoms with E-state index in [1.54, 1.807) is 42.6 Å². The summed E-state index contributed by atoms with van der Waals surface area (Å²) in [7, 11) is 2.41. The molecule has 0 unspecified atom stereocenters. The zero-order chi connectivity index (χ0) is 21.4. The quantitative estimate of drug-likeness (QED) is 0.383. The van der Waals surface area contributed by atoms with Crippen LogP contribution >= 0.6 is 0 Å². The van der Waals surface area contributed by atoms with Gasteiger partial charge in [-0.1, -0.05) is 54.1 Å². The third kappa shape index (κ3) is 2.91. The summed E-state index contributed by atoms with van der Waals surface area (Å²) in [6.45, 7) is 1.91. The van der Waals surface area contributed by atoms with Crippen LogP contribution < -0.4 is 0 Å². The van der Waals surface area contributed by atoms with Crippen LogP contribution in [0.5, 0.6) is 0 Å². The van der Waals surface area contributed by atoms with E-state index in [-0.39, 0.29) is 16.8 Å². The summed E-state index contributed by atoms with van der Waals surface area (Å²) in [5.74, 6) is -2.03. The summed E-state index contributed by atoms with van der Waals surface area (Å²) in [5, 5.41) is 5.77. The van der Waals surface area contributed by atoms with Crippen LogP contribution in [0, 0.1) is 6.92 Å². The molecule has 2 aromatic heterocycles. The molecule has 0 amide bonds. The Kier molecular flexibility index (Phi) is 4.79. The lowest BCUT2D eigenvalue weighted by atomic mass is 10.0. The van der Waals surface area contributed by atoms with Crippen LogP contribution in [0.15, 0.2) is 54.7 Å². The fourth-order valence-corrected chi connectivity index (χ4v) is 3.52. The van der Waals surface area contributed by atoms with Crippen molar-refractivity contribution in [1.82, 2.24) is 9.61 Å². The molecule has 0 radical (unpaired) electrons. The smallest absolute Gasteiger partial charge is 0.341 e. The summed E-state index contributed by atoms with van der Waals surface area (Å²) in [4.78, 5) is 38.9. The fraction of sp³-hybridized carbons (Fsp3) is 0.130. The zero-order valence-electron chi connectivity index (χ0n) is 16.6. The fourth-order valence-electron chi connectivity index (χ4n) is 3.52. The molecule has 0 N–H and O–H groups in total. The molecule has 0 spiro atoms. The van der Waals surface area contributed by atoms with Gasteiger partial charge in [0.2, 0.25) is 5.78 Å². The van der Waals surface area contributed by atoms with Gasteiger partial charge in [-0.3, -0.25) is 4.79 Å². The van der Waals surface area contributed by atoms with E-state index in [1.165, 1.54) is 18.7 Å². The monoisotopic (exact) mass is 402 g/mol. The van der Waals surface area contributed by atoms with Gasteiger partial charge in [-0.05, 0) is 6.92 Å². The summed E-state index contributed by atoms with van der Waals surface area (Å²) >= 11 is 0. The lowest BCUT2D eigenvalue weighted by Crippen LogP contribution is -2.15. The molecule has 2 aromatic carbocycles. The van der Waals surface area contributed by atoms with Gasteiger partial charge in [-0.2, -0.15) is 5.10 Å². The van der Waals surface area contributed by atoms with Crippen molar-refractivity contribution in [2.45, 2.75) is 6.92 Å². The third-order valence-electron chi connectivity index (χ3n) is 4.98. The van der Waals surface area contributed by atoms with Crippen molar-refractivity contribution < 1.29 is 23.9 Å². The van der Waals surface area contributed by atoms with Crippen LogP contribution in [0.25, 0.3) is 16.3 Å². The Morgan fingerprint density at radius 3 is 2.17 bits per heavy atom. The average molecular weight is 402 g/mol. The second kappa shape index (κ2) is 7.44. The number of benzene rings is 2. The number of hydrogen-bond donors (Lipinski definition) is 0. The van der Waals surface area contributed by atoms with E-state index in [1.807, 2.05) is 19.1 Å². The minimum absolute atomic E-state index is 0.0492. The highest BCUT2D eigenvalue weighted by molar-refractivity contribution is 6.22. The Morgan fingerprint density at radius 2 is 1.50 bits per heavy atom. The van der Waals surface area contributed by atoms with Gasteiger partial charge in [0, 0.05) is 16.3 Å². The van der Waals surface area contributed by atoms with E-state index >= 15 is 0 Å². The average Bonchev–Trinajstić information content (AvgIpc) is 3.13. The number of ketones is 1. The first kappa shape index (κ1) is 19.3. The number of nitrogens with zero attached hydrogens (tertiary/aromatic N) is 2. The maximum absolute atomic E-state index is 13.5. The van der Waals surface area contributed by atoms with E-state index in [2.05, 4.69) is 5.10 Å². The molecule has 4 aromatic rings. The largest absolute Gasteiger partial charge is 0.465 e. The highest BCUT2D eigenvalue weighted by atomic mass is 16.5. The van der Waals surface area contributed by atoms with Crippen LogP contribution in [0.2, 0.25) is 0 Å². The molecule has 0 saturated carbocycles. The number of methoxy groups -OCH3 is 2. The zero-order valence-corrected chi connectivity index (χ0v) is 16.6. The van der Waals surface area contributed by atoms with Gasteiger partial charge in [0.05, 0.1) is 25.9 Å². The highest BCUT2D eigenvalue weighted by Gasteiger charge is 2.34. The Hall–Kier alpha value is -4.00. The van der Waals surface area contributed by atoms with Crippen LogP contribution in [0.4, 0.5) is 0 Å². The number of carbonyl (C=O) groups excluding carboxylic acids is 3. The number of aryl methyl sites for hydroxylation is 1. The molecule has 0 saturated heterocycles. The molecule has 0 aliphatic heterocycles. The summed E-state index contributed by atoms with van der Waals surface area (Å²) in [5.41, 5.74) is 1.39. The standard InChI is InChI=1S/C23H18N2O5/c1-13-8-10-14(11-9-13)21(26)20-18(23(28)30-3)17(22(27)29-2)19-16-7-5-4-6-15(16)12-24-25(19)20/h4-12H,1-3H3. The molecule has 2 heterocycles. The van der Waals surface area contributed by atoms with Crippen molar-refractivity contribution in [1.29, 1.82) is 0 Å². The predicted molar refractivity (Wildman–Crippen MR) is 110 cm³/mol. The topological polar surface area (TPSA) is 87.0 Å². The number of ether oxygens (including phenoxy) is 2. The van der Waals surface area contributed by atoms with Crippen molar-refractivity contribution in [3.63, 3.8) is 0 Å². The van der Waals surface area contributed by atoms with Crippen molar-refractivity contribution in [2.75, 3.05) is 14.2 Å². The summed E-state index contributed by atoms with van der Waals surface area (Å²) < 4.78 is 11.2. The SMILES string of the molecule is COC(=O)c1c(C(=O)OC)c2c3ccccc3cnn2c1C(=O)c1ccc(C)cc1. The molecule has 0 fully saturated rings. The third-order valence-corrected chi connectivity index (χ3v) is 4.98. The van der Waals surface area contributed by atoms with Crippen molar-refractivity contribution in [3.05, 3.63) is 82.7 Å². The van der Waals surface area contributed by atoms with E-state index in [9.17, 15) is 14.4 Å². The first-order chi connectivity index (χ1) is 14.5. The minimum Gasteiger partial charge on any atom is -0.465 e. The molecule has 4 rings (SSSR count). The molecule has 150 valence electrons. The molecular formula is C23H18N2O5. The first-order valence-corrected chi connectivity index (χ1v) is 9.18. The molecule has 30 heavy (non-hydrogen) atoms. The number of hydrogen-bond acceptors (Lipinski definition) is 6. The molecule has 0 aliphatic carbocycles. The summed E-state index contributed by atoms with van der Waals surface area (Å²) in [6.07, 6.45) is 1.58. The minimum atomic E-state index is -0.819. The molecule has 7 nitrogen and oxygen atoms in total. The number of aromatic nitrogens is 2. The number of carbonyl (C=O) groups is 3. The molecule has 0 aliphatic rings. The van der Waals surface area contributed by atoms with Gasteiger partial charge in [-0.25, -0.2) is 14.1 Å². The van der Waals surface area contributed by atoms with Crippen LogP contribution in [0.3, 0.4) is 0 Å². The second-order valence-electron chi connectivity index (χ2n) is 6.77. The molecule has 0 atom stereocenters. The van der Waals surface area contributed by atoms with Crippen molar-refractivity contribution in [2.24, 2.45) is 0 Å². The van der Waals surface area contributed by atoms with Gasteiger partial charge in [0.1, 0.15) is 16.8 Å². The van der Waals surface area contributed by atoms with Gasteiger partial charge in [0.15, 0.2) is 0 Å². The predicted octanol–water partition coefficient (Wildman–Crippen LogP) is 3.60. The Balaban J connectivity index is 2.17. The van der Waals surface area contributed by atoms with Gasteiger partial charge >= 0.3 is 11.9 Å². The maximum Gasteiger partial charge on any atom is 0.341 e. The first-order valence-electron chi connectivity index (χ1n) is 9.18. The summed E-state index contributed by atoms with van der Waals surface area (Å²) in [6, 6.07) is 14.2. The number of rotatable bonds is 4. The Labute approximate surface area is 171 Å². The molecule has 7 heteroatoms. The normalized spacial score (nSPS) is 10.9. The number of fused-ring (bicyclic) bond motifs is 3. The Bertz CT molecular complexity index is 1320. The van der Waals surface area contributed by atoms with Crippen LogP contribution in [0.1, 0.15) is 42.3 Å². The highest BCUT2D eigenvalue weighted by Crippen LogP contribution is 2.31. The van der Waals surface area contributed by atoms with Gasteiger partial charge in [-0.15, -0.1) is 0 Å². The maximum atomic E-state index is 13.5. The Morgan fingerprint density at radius 1 is 0.867 bits per heavy atom.